The molecule has 0 spiro atoms. The van der Waals surface area contributed by atoms with E-state index in [0.29, 0.717) is 16.1 Å². The molecule has 33 heavy (non-hydrogen) atoms. The van der Waals surface area contributed by atoms with Crippen LogP contribution in [0.3, 0.4) is 0 Å². The summed E-state index contributed by atoms with van der Waals surface area (Å²) in [7, 11) is 3.43. The molecule has 0 atom stereocenters. The van der Waals surface area contributed by atoms with Crippen LogP contribution in [-0.2, 0) is 0 Å². The SMILES string of the molecule is Cc1ccc(NC(=O)c2cc3c(-c4cnc5[nH]ccc5c4)cccc3s2)cc1C(=O)N(C)C. The standard InChI is InChI=1S/C26H22N4O2S/c1-15-7-8-18(12-20(15)26(32)30(2)3)29-25(31)23-13-21-19(5-4-6-22(21)33-23)17-11-16-9-10-27-24(16)28-14-17/h4-14H,1-3H3,(H,27,28)(H,29,31). The summed E-state index contributed by atoms with van der Waals surface area (Å²) in [5.41, 5.74) is 4.92. The van der Waals surface area contributed by atoms with Crippen molar-refractivity contribution in [2.45, 2.75) is 6.92 Å². The first-order chi connectivity index (χ1) is 15.9. The maximum absolute atomic E-state index is 13.1. The van der Waals surface area contributed by atoms with Gasteiger partial charge >= 0.3 is 0 Å². The van der Waals surface area contributed by atoms with Gasteiger partial charge in [-0.15, -0.1) is 11.3 Å². The number of nitrogens with zero attached hydrogens (tertiary/aromatic N) is 2. The molecule has 2 aromatic carbocycles. The van der Waals surface area contributed by atoms with Gasteiger partial charge in [-0.25, -0.2) is 4.98 Å². The van der Waals surface area contributed by atoms with E-state index in [1.165, 1.54) is 16.2 Å². The Morgan fingerprint density at radius 2 is 1.91 bits per heavy atom. The van der Waals surface area contributed by atoms with Gasteiger partial charge in [0.05, 0.1) is 4.88 Å². The van der Waals surface area contributed by atoms with E-state index in [0.717, 1.165) is 37.8 Å². The molecule has 3 aromatic heterocycles. The van der Waals surface area contributed by atoms with Crippen LogP contribution in [-0.4, -0.2) is 40.8 Å². The Kier molecular flexibility index (Phi) is 5.18. The summed E-state index contributed by atoms with van der Waals surface area (Å²) in [5.74, 6) is -0.295. The number of aryl methyl sites for hydroxylation is 1. The second-order valence-electron chi connectivity index (χ2n) is 8.15. The molecule has 0 saturated heterocycles. The highest BCUT2D eigenvalue weighted by Crippen LogP contribution is 2.35. The third-order valence-corrected chi connectivity index (χ3v) is 6.73. The van der Waals surface area contributed by atoms with Crippen molar-refractivity contribution in [1.82, 2.24) is 14.9 Å². The molecule has 6 nitrogen and oxygen atoms in total. The first kappa shape index (κ1) is 20.9. The molecule has 2 amide bonds. The predicted molar refractivity (Wildman–Crippen MR) is 134 cm³/mol. The van der Waals surface area contributed by atoms with Crippen LogP contribution in [0.2, 0.25) is 0 Å². The summed E-state index contributed by atoms with van der Waals surface area (Å²) in [6.45, 7) is 1.88. The molecule has 0 aliphatic heterocycles. The van der Waals surface area contributed by atoms with Gasteiger partial charge in [-0.2, -0.15) is 0 Å². The molecule has 5 rings (SSSR count). The lowest BCUT2D eigenvalue weighted by molar-refractivity contribution is 0.0826. The van der Waals surface area contributed by atoms with E-state index in [1.807, 2.05) is 61.8 Å². The van der Waals surface area contributed by atoms with Crippen LogP contribution in [0, 0.1) is 6.92 Å². The Balaban J connectivity index is 1.47. The van der Waals surface area contributed by atoms with Crippen LogP contribution in [0.15, 0.2) is 67.0 Å². The molecule has 2 N–H and O–H groups in total. The zero-order valence-electron chi connectivity index (χ0n) is 18.5. The average Bonchev–Trinajstić information content (AvgIpc) is 3.46. The van der Waals surface area contributed by atoms with Crippen molar-refractivity contribution >= 4 is 50.0 Å². The van der Waals surface area contributed by atoms with Crippen LogP contribution in [0.4, 0.5) is 5.69 Å². The fourth-order valence-electron chi connectivity index (χ4n) is 3.88. The smallest absolute Gasteiger partial charge is 0.265 e. The van der Waals surface area contributed by atoms with E-state index in [-0.39, 0.29) is 11.8 Å². The van der Waals surface area contributed by atoms with E-state index < -0.39 is 0 Å². The highest BCUT2D eigenvalue weighted by atomic mass is 32.1. The summed E-state index contributed by atoms with van der Waals surface area (Å²) in [6.07, 6.45) is 3.72. The normalized spacial score (nSPS) is 11.1. The van der Waals surface area contributed by atoms with E-state index in [9.17, 15) is 9.59 Å². The number of hydrogen-bond acceptors (Lipinski definition) is 4. The maximum atomic E-state index is 13.1. The molecule has 0 radical (unpaired) electrons. The van der Waals surface area contributed by atoms with Gasteiger partial charge in [0.2, 0.25) is 0 Å². The molecule has 0 bridgehead atoms. The summed E-state index contributed by atoms with van der Waals surface area (Å²) < 4.78 is 1.03. The third-order valence-electron chi connectivity index (χ3n) is 5.63. The Morgan fingerprint density at radius 1 is 1.06 bits per heavy atom. The number of nitrogens with one attached hydrogen (secondary N) is 2. The number of aromatic nitrogens is 2. The van der Waals surface area contributed by atoms with Gasteiger partial charge in [0.1, 0.15) is 5.65 Å². The monoisotopic (exact) mass is 454 g/mol. The molecule has 5 aromatic rings. The number of H-pyrrole nitrogens is 1. The predicted octanol–water partition coefficient (Wildman–Crippen LogP) is 5.71. The number of benzene rings is 2. The Labute approximate surface area is 194 Å². The Hall–Kier alpha value is -3.97. The quantitative estimate of drug-likeness (QED) is 0.365. The van der Waals surface area contributed by atoms with Crippen molar-refractivity contribution in [1.29, 1.82) is 0 Å². The number of rotatable bonds is 4. The number of hydrogen-bond donors (Lipinski definition) is 2. The van der Waals surface area contributed by atoms with Gasteiger partial charge in [-0.3, -0.25) is 9.59 Å². The molecule has 164 valence electrons. The van der Waals surface area contributed by atoms with Gasteiger partial charge in [-0.05, 0) is 54.4 Å². The first-order valence-electron chi connectivity index (χ1n) is 10.5. The minimum atomic E-state index is -0.200. The molecule has 3 heterocycles. The van der Waals surface area contributed by atoms with Crippen LogP contribution < -0.4 is 5.32 Å². The molecule has 0 unspecified atom stereocenters. The van der Waals surface area contributed by atoms with Crippen LogP contribution >= 0.6 is 11.3 Å². The fraction of sp³-hybridized carbons (Fsp3) is 0.115. The number of carbonyl (C=O) groups is 2. The summed E-state index contributed by atoms with van der Waals surface area (Å²) in [4.78, 5) is 35.2. The summed E-state index contributed by atoms with van der Waals surface area (Å²) >= 11 is 1.44. The average molecular weight is 455 g/mol. The van der Waals surface area contributed by atoms with Crippen LogP contribution in [0.5, 0.6) is 0 Å². The lowest BCUT2D eigenvalue weighted by atomic mass is 10.0. The molecular weight excluding hydrogens is 432 g/mol. The number of thiophene rings is 1. The largest absolute Gasteiger partial charge is 0.346 e. The van der Waals surface area contributed by atoms with Gasteiger partial charge in [-0.1, -0.05) is 18.2 Å². The fourth-order valence-corrected chi connectivity index (χ4v) is 4.86. The molecule has 0 saturated carbocycles. The van der Waals surface area contributed by atoms with Crippen molar-refractivity contribution < 1.29 is 9.59 Å². The lowest BCUT2D eigenvalue weighted by Crippen LogP contribution is -2.23. The topological polar surface area (TPSA) is 78.1 Å². The van der Waals surface area contributed by atoms with E-state index in [4.69, 9.17) is 0 Å². The third kappa shape index (κ3) is 3.87. The van der Waals surface area contributed by atoms with Gasteiger partial charge in [0, 0.05) is 58.8 Å². The van der Waals surface area contributed by atoms with Crippen molar-refractivity contribution in [3.05, 3.63) is 83.0 Å². The van der Waals surface area contributed by atoms with Crippen molar-refractivity contribution in [3.63, 3.8) is 0 Å². The molecule has 0 aliphatic carbocycles. The van der Waals surface area contributed by atoms with E-state index >= 15 is 0 Å². The van der Waals surface area contributed by atoms with E-state index in [2.05, 4.69) is 21.4 Å². The number of amides is 2. The van der Waals surface area contributed by atoms with Crippen LogP contribution in [0.1, 0.15) is 25.6 Å². The number of aromatic amines is 1. The number of fused-ring (bicyclic) bond motifs is 2. The lowest BCUT2D eigenvalue weighted by Gasteiger charge is -2.14. The molecule has 0 fully saturated rings. The minimum Gasteiger partial charge on any atom is -0.346 e. The Morgan fingerprint density at radius 3 is 2.73 bits per heavy atom. The van der Waals surface area contributed by atoms with Gasteiger partial charge in [0.25, 0.3) is 11.8 Å². The van der Waals surface area contributed by atoms with Crippen LogP contribution in [0.25, 0.3) is 32.2 Å². The van der Waals surface area contributed by atoms with Crippen molar-refractivity contribution in [2.24, 2.45) is 0 Å². The second-order valence-corrected chi connectivity index (χ2v) is 9.23. The molecule has 0 aliphatic rings. The van der Waals surface area contributed by atoms with Crippen molar-refractivity contribution in [3.8, 4) is 11.1 Å². The van der Waals surface area contributed by atoms with Gasteiger partial charge < -0.3 is 15.2 Å². The van der Waals surface area contributed by atoms with Crippen molar-refractivity contribution in [2.75, 3.05) is 19.4 Å². The zero-order valence-corrected chi connectivity index (χ0v) is 19.3. The first-order valence-corrected chi connectivity index (χ1v) is 11.3. The zero-order chi connectivity index (χ0) is 23.1. The highest BCUT2D eigenvalue weighted by molar-refractivity contribution is 7.21. The molecular formula is C26H22N4O2S. The number of carbonyl (C=O) groups excluding carboxylic acids is 2. The highest BCUT2D eigenvalue weighted by Gasteiger charge is 2.16. The summed E-state index contributed by atoms with van der Waals surface area (Å²) in [5, 5.41) is 5.00. The minimum absolute atomic E-state index is 0.0943. The number of pyridine rings is 1. The van der Waals surface area contributed by atoms with E-state index in [1.54, 1.807) is 20.2 Å². The molecule has 7 heteroatoms. The number of anilines is 1. The summed E-state index contributed by atoms with van der Waals surface area (Å²) in [6, 6.07) is 17.5. The van der Waals surface area contributed by atoms with Gasteiger partial charge in [0.15, 0.2) is 0 Å². The Bertz CT molecular complexity index is 1530. The maximum Gasteiger partial charge on any atom is 0.265 e. The second kappa shape index (κ2) is 8.18.